The van der Waals surface area contributed by atoms with E-state index in [1.807, 2.05) is 140 Å². The Balaban J connectivity index is 0.000000112. The average Bonchev–Trinajstić information content (AvgIpc) is 1.62. The molecule has 0 bridgehead atoms. The van der Waals surface area contributed by atoms with Gasteiger partial charge in [0.05, 0.1) is 42.0 Å². The number of piperazine rings is 6. The van der Waals surface area contributed by atoms with E-state index >= 15 is 0 Å². The number of imidazole rings is 5. The van der Waals surface area contributed by atoms with Crippen molar-refractivity contribution in [2.75, 3.05) is 198 Å². The van der Waals surface area contributed by atoms with Crippen LogP contribution < -0.4 is 39.0 Å². The van der Waals surface area contributed by atoms with Gasteiger partial charge in [0.1, 0.15) is 46.5 Å². The van der Waals surface area contributed by atoms with Crippen molar-refractivity contribution in [3.05, 3.63) is 304 Å². The Morgan fingerprint density at radius 1 is 0.358 bits per heavy atom. The molecule has 1 saturated carbocycles. The molecule has 0 spiro atoms. The van der Waals surface area contributed by atoms with Gasteiger partial charge in [0.25, 0.3) is 5.91 Å². The molecule has 6 aliphatic heterocycles. The zero-order valence-corrected chi connectivity index (χ0v) is 84.0. The van der Waals surface area contributed by atoms with E-state index in [0.29, 0.717) is 122 Å². The number of benzene rings is 5. The number of carbonyl (C=O) groups is 5. The van der Waals surface area contributed by atoms with E-state index < -0.39 is 11.7 Å². The minimum absolute atomic E-state index is 0.0385. The van der Waals surface area contributed by atoms with E-state index in [9.17, 15) is 41.5 Å². The van der Waals surface area contributed by atoms with Crippen LogP contribution in [0, 0.1) is 5.82 Å². The fourth-order valence-electron chi connectivity index (χ4n) is 18.2. The summed E-state index contributed by atoms with van der Waals surface area (Å²) in [6, 6.07) is 52.9. The number of hydrogen-bond acceptors (Lipinski definition) is 26. The van der Waals surface area contributed by atoms with Gasteiger partial charge in [-0.1, -0.05) is 70.7 Å². The van der Waals surface area contributed by atoms with Crippen LogP contribution in [-0.4, -0.2) is 311 Å². The summed E-state index contributed by atoms with van der Waals surface area (Å²) >= 11 is 24.1. The molecule has 0 radical (unpaired) electrons. The fourth-order valence-corrected chi connectivity index (χ4v) is 18.9. The van der Waals surface area contributed by atoms with Gasteiger partial charge >= 0.3 is 6.18 Å². The lowest BCUT2D eigenvalue weighted by Crippen LogP contribution is -2.49. The summed E-state index contributed by atoms with van der Waals surface area (Å²) in [4.78, 5) is 107. The first-order valence-electron chi connectivity index (χ1n) is 48.7. The molecule has 7 fully saturated rings. The molecule has 6 saturated heterocycles. The molecule has 0 atom stereocenters. The molecule has 12 aromatic heterocycles. The molecule has 18 heterocycles. The maximum atomic E-state index is 13.1. The summed E-state index contributed by atoms with van der Waals surface area (Å²) in [6.45, 7) is 19.1. The van der Waals surface area contributed by atoms with Crippen molar-refractivity contribution in [2.24, 2.45) is 0 Å². The Morgan fingerprint density at radius 2 is 0.730 bits per heavy atom. The Hall–Kier alpha value is -15.6. The number of hydrogen-bond donors (Lipinski definition) is 0. The minimum atomic E-state index is -4.41. The van der Waals surface area contributed by atoms with E-state index in [0.717, 1.165) is 195 Å². The van der Waals surface area contributed by atoms with E-state index in [-0.39, 0.29) is 48.2 Å². The Labute approximate surface area is 867 Å². The lowest BCUT2D eigenvalue weighted by Gasteiger charge is -2.36. The number of methoxy groups -OCH3 is 1. The number of amides is 5. The Morgan fingerprint density at radius 3 is 1.13 bits per heavy atom. The number of halogens is 8. The predicted molar refractivity (Wildman–Crippen MR) is 556 cm³/mol. The average molecular weight is 2090 g/mol. The van der Waals surface area contributed by atoms with Crippen LogP contribution in [0.15, 0.2) is 244 Å². The van der Waals surface area contributed by atoms with Crippen LogP contribution in [0.4, 0.5) is 58.2 Å². The Kier molecular flexibility index (Phi) is 31.4. The number of anilines is 7. The molecule has 7 aliphatic rings. The highest BCUT2D eigenvalue weighted by Gasteiger charge is 2.35. The molecule has 5 amide bonds. The lowest BCUT2D eigenvalue weighted by molar-refractivity contribution is -0.138. The van der Waals surface area contributed by atoms with Crippen molar-refractivity contribution >= 4 is 150 Å². The zero-order valence-electron chi connectivity index (χ0n) is 81.0. The molecule has 17 aromatic rings. The number of carbonyl (C=O) groups excluding carboxylic acids is 5. The van der Waals surface area contributed by atoms with Crippen LogP contribution in [0.25, 0.3) is 33.9 Å². The second kappa shape index (κ2) is 46.0. The maximum absolute atomic E-state index is 13.1. The topological polar surface area (TPSA) is 327 Å². The molecule has 5 aromatic carbocycles. The number of fused-ring (bicyclic) bond motifs is 6. The van der Waals surface area contributed by atoms with Crippen molar-refractivity contribution in [1.29, 1.82) is 0 Å². The van der Waals surface area contributed by atoms with Crippen molar-refractivity contribution in [3.63, 3.8) is 0 Å². The second-order valence-electron chi connectivity index (χ2n) is 36.2. The first kappa shape index (κ1) is 101. The number of aromatic nitrogens is 19. The largest absolute Gasteiger partial charge is 0.497 e. The van der Waals surface area contributed by atoms with Gasteiger partial charge in [-0.2, -0.15) is 17.7 Å². The summed E-state index contributed by atoms with van der Waals surface area (Å²) in [5.41, 5.74) is 7.93. The summed E-state index contributed by atoms with van der Waals surface area (Å²) < 4.78 is 67.4. The molecule has 1 aliphatic carbocycles. The van der Waals surface area contributed by atoms with Gasteiger partial charge in [0.15, 0.2) is 39.7 Å². The minimum Gasteiger partial charge on any atom is -0.497 e. The molecule has 148 heavy (non-hydrogen) atoms. The van der Waals surface area contributed by atoms with Crippen LogP contribution >= 0.6 is 46.4 Å². The molecule has 764 valence electrons. The summed E-state index contributed by atoms with van der Waals surface area (Å²) in [6.07, 6.45) is 16.2. The zero-order chi connectivity index (χ0) is 102. The molecule has 24 rings (SSSR count). The fraction of sp³-hybridized carbons (Fsp3) is 0.320. The number of alkyl halides is 3. The van der Waals surface area contributed by atoms with Crippen molar-refractivity contribution in [1.82, 2.24) is 117 Å². The van der Waals surface area contributed by atoms with Crippen LogP contribution in [0.5, 0.6) is 5.75 Å². The van der Waals surface area contributed by atoms with Gasteiger partial charge in [-0.15, -0.1) is 40.8 Å². The monoisotopic (exact) mass is 2090 g/mol. The Bertz CT molecular complexity index is 7510. The maximum Gasteiger partial charge on any atom is 0.416 e. The van der Waals surface area contributed by atoms with Crippen LogP contribution in [-0.2, 0) is 44.6 Å². The molecule has 0 unspecified atom stereocenters. The number of rotatable bonds is 16. The van der Waals surface area contributed by atoms with Crippen molar-refractivity contribution < 1.29 is 46.3 Å². The van der Waals surface area contributed by atoms with Crippen LogP contribution in [0.1, 0.15) is 64.1 Å². The molecular weight excluding hydrogens is 1990 g/mol. The third kappa shape index (κ3) is 24.8. The normalized spacial score (nSPS) is 15.6. The van der Waals surface area contributed by atoms with Crippen molar-refractivity contribution in [2.45, 2.75) is 51.1 Å². The molecular formula is C103H105Cl4F4N31O6. The molecule has 0 N–H and O–H groups in total. The van der Waals surface area contributed by atoms with Gasteiger partial charge in [-0.05, 0) is 187 Å². The standard InChI is InChI=1S/C19H18F3N5O.C19H19FN6O.2C18H17Cl2N5O.C17H19N5O.C12H15N5O/c20-19(21,22)15-3-1-2-14(12-15)13-18(28)26-10-8-25(9-11-26)17-5-4-16-23-6-7-27(16)24-17;20-15-5-3-14(4-6-15)19(27)25-11-9-24(10-12-25)17-8-7-16-21-22-18(13-1-2-13)26(16)23-17;19-14-1-2-15(20)13(11-14)12-18(26)24-9-7-23(8-10-24)17-4-3-16-21-5-6-25(16)22-17;19-14-2-1-13(11-15(14)20)12-18(26)24-9-7-23(8-10-24)17-4-3-16-21-5-6-25(16)22-17;1-23-15-4-2-14(3-5-15)20-10-12-21(13-11-20)17-7-6-16-18-8-9-22(16)19-17;1-10(18)15-6-8-16(9-7-15)12-3-2-11-13-4-5-17(11)14-12/h1-7,12H,8-11,13H2;3-8,13H,1-2,9-12H2;2*1-6,11H,7-10,12H2;2-9H,10-13H2,1H3;2-5H,6-9H2,1H3. The lowest BCUT2D eigenvalue weighted by atomic mass is 10.1. The number of ether oxygens (including phenoxy) is 1. The van der Waals surface area contributed by atoms with Gasteiger partial charge in [0.2, 0.25) is 23.6 Å². The van der Waals surface area contributed by atoms with E-state index in [4.69, 9.17) is 56.2 Å². The quantitative estimate of drug-likeness (QED) is 0.0811. The molecule has 37 nitrogen and oxygen atoms in total. The number of nitrogens with zero attached hydrogens (tertiary/aromatic N) is 31. The van der Waals surface area contributed by atoms with E-state index in [2.05, 4.69) is 107 Å². The SMILES string of the molecule is CC(=O)N1CCN(c2ccc3nccn3n2)CC1.COc1ccc(N2CCN(c3ccc4nccn4n3)CC2)cc1.O=C(Cc1cc(Cl)ccc1Cl)N1CCN(c2ccc3nccn3n2)CC1.O=C(Cc1ccc(Cl)c(Cl)c1)N1CCN(c2ccc3nccn3n2)CC1.O=C(Cc1cccc(C(F)(F)F)c1)N1CCN(c2ccc3nccn3n2)CC1.O=C(c1ccc(F)cc1)N1CCN(c2ccc3nnc(C4CC4)n3n2)CC1. The van der Waals surface area contributed by atoms with Crippen LogP contribution in [0.2, 0.25) is 20.1 Å². The summed E-state index contributed by atoms with van der Waals surface area (Å²) in [5.74, 6) is 7.45. The van der Waals surface area contributed by atoms with E-state index in [1.54, 1.807) is 115 Å². The predicted octanol–water partition coefficient (Wildman–Crippen LogP) is 13.1. The summed E-state index contributed by atoms with van der Waals surface area (Å²) in [5, 5.41) is 38.1. The van der Waals surface area contributed by atoms with Crippen molar-refractivity contribution in [3.8, 4) is 5.75 Å². The third-order valence-electron chi connectivity index (χ3n) is 26.7. The highest BCUT2D eigenvalue weighted by atomic mass is 35.5. The van der Waals surface area contributed by atoms with Gasteiger partial charge in [-0.3, -0.25) is 24.0 Å². The smallest absolute Gasteiger partial charge is 0.416 e. The third-order valence-corrected chi connectivity index (χ3v) is 28.0. The highest BCUT2D eigenvalue weighted by Crippen LogP contribution is 2.39. The first-order chi connectivity index (χ1) is 71.8. The van der Waals surface area contributed by atoms with Crippen LogP contribution in [0.3, 0.4) is 0 Å². The van der Waals surface area contributed by atoms with Gasteiger partial charge in [0, 0.05) is 253 Å². The first-order valence-corrected chi connectivity index (χ1v) is 50.2. The molecule has 45 heteroatoms. The highest BCUT2D eigenvalue weighted by molar-refractivity contribution is 6.42. The van der Waals surface area contributed by atoms with Gasteiger partial charge < -0.3 is 63.5 Å². The van der Waals surface area contributed by atoms with Gasteiger partial charge in [-0.25, -0.2) is 51.9 Å². The van der Waals surface area contributed by atoms with E-state index in [1.165, 1.54) is 36.0 Å². The summed E-state index contributed by atoms with van der Waals surface area (Å²) in [7, 11) is 1.69. The second-order valence-corrected chi connectivity index (χ2v) is 37.8.